The maximum atomic E-state index is 11.5. The maximum Gasteiger partial charge on any atom is 0.359 e. The first kappa shape index (κ1) is 12.3. The molecule has 0 amide bonds. The Morgan fingerprint density at radius 1 is 1.82 bits per heavy atom. The number of anilines is 1. The number of aliphatic hydroxyl groups is 1. The molecule has 17 heavy (non-hydrogen) atoms. The number of nitrogens with one attached hydrogen (secondary N) is 1. The number of methoxy groups -OCH3 is 1. The van der Waals surface area contributed by atoms with Crippen molar-refractivity contribution in [2.75, 3.05) is 38.3 Å². The lowest BCUT2D eigenvalue weighted by Crippen LogP contribution is -2.52. The summed E-state index contributed by atoms with van der Waals surface area (Å²) >= 11 is 1.42. The van der Waals surface area contributed by atoms with Gasteiger partial charge in [0.2, 0.25) is 0 Å². The van der Waals surface area contributed by atoms with E-state index in [4.69, 9.17) is 9.84 Å². The molecule has 0 saturated carbocycles. The Bertz CT molecular complexity index is 396. The van der Waals surface area contributed by atoms with E-state index in [9.17, 15) is 4.79 Å². The van der Waals surface area contributed by atoms with Crippen LogP contribution in [0.3, 0.4) is 0 Å². The summed E-state index contributed by atoms with van der Waals surface area (Å²) in [6, 6.07) is 0.0383. The molecule has 0 spiro atoms. The molecule has 6 nitrogen and oxygen atoms in total. The largest absolute Gasteiger partial charge is 0.464 e. The van der Waals surface area contributed by atoms with Gasteiger partial charge in [0.1, 0.15) is 5.00 Å². The average molecular weight is 257 g/mol. The summed E-state index contributed by atoms with van der Waals surface area (Å²) in [5, 5.41) is 13.2. The lowest BCUT2D eigenvalue weighted by molar-refractivity contribution is 0.0595. The van der Waals surface area contributed by atoms with E-state index in [2.05, 4.69) is 15.2 Å². The van der Waals surface area contributed by atoms with Gasteiger partial charge in [-0.2, -0.15) is 0 Å². The van der Waals surface area contributed by atoms with E-state index in [0.29, 0.717) is 12.2 Å². The summed E-state index contributed by atoms with van der Waals surface area (Å²) in [6.07, 6.45) is 0. The number of aromatic nitrogens is 1. The van der Waals surface area contributed by atoms with E-state index >= 15 is 0 Å². The van der Waals surface area contributed by atoms with Crippen molar-refractivity contribution in [1.29, 1.82) is 0 Å². The van der Waals surface area contributed by atoms with Gasteiger partial charge in [0.15, 0.2) is 5.69 Å². The van der Waals surface area contributed by atoms with Crippen molar-refractivity contribution in [2.45, 2.75) is 6.04 Å². The third-order valence-corrected chi connectivity index (χ3v) is 3.58. The van der Waals surface area contributed by atoms with Crippen molar-refractivity contribution in [1.82, 2.24) is 10.3 Å². The maximum absolute atomic E-state index is 11.5. The summed E-state index contributed by atoms with van der Waals surface area (Å²) in [7, 11) is 1.35. The van der Waals surface area contributed by atoms with Crippen LogP contribution >= 0.6 is 11.3 Å². The van der Waals surface area contributed by atoms with Crippen LogP contribution in [0.5, 0.6) is 0 Å². The number of carbonyl (C=O) groups excluding carboxylic acids is 1. The SMILES string of the molecule is COC(=O)c1ncsc1N1CCN[C@H](CO)C1. The van der Waals surface area contributed by atoms with Crippen LogP contribution in [0.1, 0.15) is 10.5 Å². The molecule has 1 aromatic heterocycles. The average Bonchev–Trinajstić information content (AvgIpc) is 2.87. The number of rotatable bonds is 3. The first-order chi connectivity index (χ1) is 8.26. The summed E-state index contributed by atoms with van der Waals surface area (Å²) < 4.78 is 4.69. The summed E-state index contributed by atoms with van der Waals surface area (Å²) in [6.45, 7) is 2.33. The number of thiazole rings is 1. The molecule has 0 unspecified atom stereocenters. The lowest BCUT2D eigenvalue weighted by atomic mass is 10.2. The Hall–Kier alpha value is -1.18. The molecular weight excluding hydrogens is 242 g/mol. The van der Waals surface area contributed by atoms with Crippen molar-refractivity contribution < 1.29 is 14.6 Å². The Balaban J connectivity index is 2.16. The molecule has 1 aromatic rings. The molecule has 0 radical (unpaired) electrons. The number of carbonyl (C=O) groups is 1. The first-order valence-electron chi connectivity index (χ1n) is 5.37. The number of hydrogen-bond donors (Lipinski definition) is 2. The summed E-state index contributed by atoms with van der Waals surface area (Å²) in [5.41, 5.74) is 1.99. The smallest absolute Gasteiger partial charge is 0.359 e. The first-order valence-corrected chi connectivity index (χ1v) is 6.25. The lowest BCUT2D eigenvalue weighted by Gasteiger charge is -2.33. The van der Waals surface area contributed by atoms with Crippen LogP contribution in [0.15, 0.2) is 5.51 Å². The van der Waals surface area contributed by atoms with Gasteiger partial charge in [0, 0.05) is 25.7 Å². The predicted octanol–water partition coefficient (Wildman–Crippen LogP) is -0.300. The molecule has 2 rings (SSSR count). The number of piperazine rings is 1. The molecule has 1 saturated heterocycles. The monoisotopic (exact) mass is 257 g/mol. The fraction of sp³-hybridized carbons (Fsp3) is 0.600. The standard InChI is InChI=1S/C10H15N3O3S/c1-16-10(15)8-9(17-6-12-8)13-3-2-11-7(4-13)5-14/h6-7,11,14H,2-5H2,1H3/t7-/m0/s1. The van der Waals surface area contributed by atoms with E-state index < -0.39 is 5.97 Å². The van der Waals surface area contributed by atoms with Crippen molar-refractivity contribution in [3.63, 3.8) is 0 Å². The van der Waals surface area contributed by atoms with Crippen LogP contribution in [-0.2, 0) is 4.74 Å². The minimum Gasteiger partial charge on any atom is -0.464 e. The number of esters is 1. The molecule has 1 fully saturated rings. The third kappa shape index (κ3) is 2.56. The topological polar surface area (TPSA) is 74.7 Å². The van der Waals surface area contributed by atoms with Crippen LogP contribution in [0, 0.1) is 0 Å². The molecule has 1 aliphatic rings. The van der Waals surface area contributed by atoms with Crippen molar-refractivity contribution >= 4 is 22.3 Å². The van der Waals surface area contributed by atoms with Crippen molar-refractivity contribution in [3.8, 4) is 0 Å². The molecule has 2 heterocycles. The van der Waals surface area contributed by atoms with Gasteiger partial charge in [0.25, 0.3) is 0 Å². The van der Waals surface area contributed by atoms with E-state index in [1.165, 1.54) is 18.4 Å². The highest BCUT2D eigenvalue weighted by Crippen LogP contribution is 2.26. The van der Waals surface area contributed by atoms with Crippen molar-refractivity contribution in [3.05, 3.63) is 11.2 Å². The quantitative estimate of drug-likeness (QED) is 0.724. The highest BCUT2D eigenvalue weighted by atomic mass is 32.1. The van der Waals surface area contributed by atoms with Gasteiger partial charge in [0.05, 0.1) is 19.2 Å². The fourth-order valence-corrected chi connectivity index (χ4v) is 2.65. The molecule has 0 bridgehead atoms. The molecule has 1 atom stereocenters. The van der Waals surface area contributed by atoms with Gasteiger partial charge in [-0.1, -0.05) is 0 Å². The summed E-state index contributed by atoms with van der Waals surface area (Å²) in [4.78, 5) is 17.6. The number of nitrogens with zero attached hydrogens (tertiary/aromatic N) is 2. The van der Waals surface area contributed by atoms with Crippen molar-refractivity contribution in [2.24, 2.45) is 0 Å². The Kier molecular flexibility index (Phi) is 3.93. The highest BCUT2D eigenvalue weighted by molar-refractivity contribution is 7.14. The zero-order valence-electron chi connectivity index (χ0n) is 9.55. The van der Waals surface area contributed by atoms with Crippen LogP contribution in [0.25, 0.3) is 0 Å². The van der Waals surface area contributed by atoms with Gasteiger partial charge in [-0.25, -0.2) is 9.78 Å². The number of ether oxygens (including phenoxy) is 1. The zero-order valence-corrected chi connectivity index (χ0v) is 10.4. The second-order valence-corrected chi connectivity index (χ2v) is 4.61. The van der Waals surface area contributed by atoms with Crippen LogP contribution in [0.2, 0.25) is 0 Å². The summed E-state index contributed by atoms with van der Waals surface area (Å²) in [5.74, 6) is -0.416. The highest BCUT2D eigenvalue weighted by Gasteiger charge is 2.25. The number of hydrogen-bond acceptors (Lipinski definition) is 7. The van der Waals surface area contributed by atoms with Gasteiger partial charge in [-0.15, -0.1) is 11.3 Å². The minimum atomic E-state index is -0.416. The fourth-order valence-electron chi connectivity index (χ4n) is 1.83. The van der Waals surface area contributed by atoms with E-state index in [1.807, 2.05) is 0 Å². The minimum absolute atomic E-state index is 0.0383. The van der Waals surface area contributed by atoms with Crippen LogP contribution < -0.4 is 10.2 Å². The van der Waals surface area contributed by atoms with Crippen LogP contribution in [-0.4, -0.2) is 55.5 Å². The molecule has 0 aliphatic carbocycles. The zero-order chi connectivity index (χ0) is 12.3. The molecule has 2 N–H and O–H groups in total. The van der Waals surface area contributed by atoms with E-state index in [-0.39, 0.29) is 12.6 Å². The second-order valence-electron chi connectivity index (χ2n) is 3.78. The van der Waals surface area contributed by atoms with E-state index in [1.54, 1.807) is 5.51 Å². The number of aliphatic hydroxyl groups excluding tert-OH is 1. The van der Waals surface area contributed by atoms with Gasteiger partial charge in [-0.3, -0.25) is 0 Å². The normalized spacial score (nSPS) is 20.4. The van der Waals surface area contributed by atoms with Gasteiger partial charge >= 0.3 is 5.97 Å². The Labute approximate surface area is 103 Å². The molecular formula is C10H15N3O3S. The van der Waals surface area contributed by atoms with Gasteiger partial charge < -0.3 is 20.1 Å². The molecule has 1 aliphatic heterocycles. The molecule has 94 valence electrons. The molecule has 0 aromatic carbocycles. The Morgan fingerprint density at radius 3 is 3.35 bits per heavy atom. The van der Waals surface area contributed by atoms with Gasteiger partial charge in [-0.05, 0) is 0 Å². The Morgan fingerprint density at radius 2 is 2.65 bits per heavy atom. The predicted molar refractivity (Wildman–Crippen MR) is 64.5 cm³/mol. The van der Waals surface area contributed by atoms with Crippen LogP contribution in [0.4, 0.5) is 5.00 Å². The third-order valence-electron chi connectivity index (χ3n) is 2.69. The van der Waals surface area contributed by atoms with E-state index in [0.717, 1.165) is 18.1 Å². The second kappa shape index (κ2) is 5.44. The molecule has 7 heteroatoms.